The van der Waals surface area contributed by atoms with Gasteiger partial charge < -0.3 is 9.73 Å². The third-order valence-electron chi connectivity index (χ3n) is 3.37. The van der Waals surface area contributed by atoms with Crippen molar-refractivity contribution >= 4 is 16.9 Å². The molecular weight excluding hydrogens is 280 g/mol. The van der Waals surface area contributed by atoms with Gasteiger partial charge in [0.1, 0.15) is 11.1 Å². The van der Waals surface area contributed by atoms with Crippen LogP contribution in [0.1, 0.15) is 29.0 Å². The predicted octanol–water partition coefficient (Wildman–Crippen LogP) is 2.68. The van der Waals surface area contributed by atoms with Crippen LogP contribution < -0.4 is 10.9 Å². The molecule has 22 heavy (non-hydrogen) atoms. The lowest BCUT2D eigenvalue weighted by Gasteiger charge is -2.12. The van der Waals surface area contributed by atoms with Crippen LogP contribution >= 0.6 is 0 Å². The third-order valence-corrected chi connectivity index (χ3v) is 3.37. The number of nitrogens with zero attached hydrogens (tertiary/aromatic N) is 1. The zero-order valence-corrected chi connectivity index (χ0v) is 11.9. The summed E-state index contributed by atoms with van der Waals surface area (Å²) in [4.78, 5) is 28.4. The normalized spacial score (nSPS) is 12.0. The number of hydrogen-bond donors (Lipinski definition) is 1. The van der Waals surface area contributed by atoms with Crippen molar-refractivity contribution in [3.8, 4) is 0 Å². The van der Waals surface area contributed by atoms with Crippen LogP contribution in [0.2, 0.25) is 0 Å². The van der Waals surface area contributed by atoms with E-state index >= 15 is 0 Å². The average molecular weight is 294 g/mol. The fourth-order valence-electron chi connectivity index (χ4n) is 2.20. The second kappa shape index (κ2) is 5.81. The van der Waals surface area contributed by atoms with E-state index in [4.69, 9.17) is 4.42 Å². The van der Waals surface area contributed by atoms with Crippen molar-refractivity contribution in [2.75, 3.05) is 0 Å². The van der Waals surface area contributed by atoms with E-state index in [0.29, 0.717) is 11.0 Å². The van der Waals surface area contributed by atoms with Crippen molar-refractivity contribution < 1.29 is 9.21 Å². The van der Waals surface area contributed by atoms with E-state index in [1.54, 1.807) is 36.5 Å². The highest BCUT2D eigenvalue weighted by molar-refractivity contribution is 5.96. The number of amides is 1. The molecule has 110 valence electrons. The Hall–Kier alpha value is -2.95. The van der Waals surface area contributed by atoms with Crippen LogP contribution in [0.4, 0.5) is 0 Å². The second-order valence-electron chi connectivity index (χ2n) is 4.94. The van der Waals surface area contributed by atoms with E-state index in [9.17, 15) is 9.59 Å². The van der Waals surface area contributed by atoms with Gasteiger partial charge in [0, 0.05) is 11.6 Å². The minimum absolute atomic E-state index is 0.0125. The Balaban J connectivity index is 1.89. The van der Waals surface area contributed by atoms with Crippen LogP contribution in [0.25, 0.3) is 11.0 Å². The van der Waals surface area contributed by atoms with Gasteiger partial charge in [-0.05, 0) is 31.2 Å². The van der Waals surface area contributed by atoms with E-state index < -0.39 is 11.5 Å². The first-order valence-electron chi connectivity index (χ1n) is 6.90. The molecule has 5 heteroatoms. The van der Waals surface area contributed by atoms with Crippen molar-refractivity contribution in [1.82, 2.24) is 10.3 Å². The lowest BCUT2D eigenvalue weighted by atomic mass is 10.1. The fraction of sp³-hybridized carbons (Fsp3) is 0.118. The van der Waals surface area contributed by atoms with Crippen molar-refractivity contribution in [3.63, 3.8) is 0 Å². The molecule has 0 radical (unpaired) electrons. The molecule has 0 aliphatic rings. The van der Waals surface area contributed by atoms with Gasteiger partial charge in [-0.1, -0.05) is 24.3 Å². The van der Waals surface area contributed by atoms with Gasteiger partial charge in [0.2, 0.25) is 0 Å². The number of benzene rings is 1. The molecule has 0 saturated carbocycles. The van der Waals surface area contributed by atoms with Crippen LogP contribution in [0.3, 0.4) is 0 Å². The highest BCUT2D eigenvalue weighted by atomic mass is 16.4. The van der Waals surface area contributed by atoms with Gasteiger partial charge in [0.15, 0.2) is 0 Å². The molecule has 0 unspecified atom stereocenters. The monoisotopic (exact) mass is 294 g/mol. The summed E-state index contributed by atoms with van der Waals surface area (Å²) in [6.07, 6.45) is 1.66. The molecular formula is C17H14N2O3. The highest BCUT2D eigenvalue weighted by Crippen LogP contribution is 2.14. The molecule has 3 rings (SSSR count). The summed E-state index contributed by atoms with van der Waals surface area (Å²) in [5, 5.41) is 3.46. The van der Waals surface area contributed by atoms with Gasteiger partial charge in [-0.15, -0.1) is 0 Å². The predicted molar refractivity (Wildman–Crippen MR) is 82.6 cm³/mol. The van der Waals surface area contributed by atoms with Crippen molar-refractivity contribution in [2.45, 2.75) is 13.0 Å². The summed E-state index contributed by atoms with van der Waals surface area (Å²) in [5.74, 6) is -0.474. The van der Waals surface area contributed by atoms with Crippen molar-refractivity contribution in [2.24, 2.45) is 0 Å². The number of aromatic nitrogens is 1. The molecule has 0 aliphatic carbocycles. The number of rotatable bonds is 3. The summed E-state index contributed by atoms with van der Waals surface area (Å²) in [6, 6.07) is 13.8. The van der Waals surface area contributed by atoms with E-state index in [0.717, 1.165) is 5.69 Å². The summed E-state index contributed by atoms with van der Waals surface area (Å²) < 4.78 is 5.17. The molecule has 1 aromatic carbocycles. The highest BCUT2D eigenvalue weighted by Gasteiger charge is 2.17. The molecule has 1 amide bonds. The molecule has 2 heterocycles. The molecule has 0 bridgehead atoms. The fourth-order valence-corrected chi connectivity index (χ4v) is 2.20. The average Bonchev–Trinajstić information content (AvgIpc) is 2.54. The first-order valence-corrected chi connectivity index (χ1v) is 6.90. The van der Waals surface area contributed by atoms with Gasteiger partial charge in [-0.2, -0.15) is 0 Å². The third kappa shape index (κ3) is 2.74. The Bertz CT molecular complexity index is 872. The van der Waals surface area contributed by atoms with Gasteiger partial charge in [-0.25, -0.2) is 4.79 Å². The molecule has 0 saturated heterocycles. The summed E-state index contributed by atoms with van der Waals surface area (Å²) in [6.45, 7) is 1.81. The van der Waals surface area contributed by atoms with E-state index in [2.05, 4.69) is 10.3 Å². The molecule has 2 aromatic heterocycles. The Labute approximate surface area is 126 Å². The largest absolute Gasteiger partial charge is 0.422 e. The standard InChI is InChI=1S/C17H14N2O3/c1-11(14-7-4-5-9-18-14)19-16(20)13-10-12-6-2-3-8-15(12)22-17(13)21/h2-11H,1H3,(H,19,20)/t11-/m0/s1. The number of carbonyl (C=O) groups is 1. The molecule has 5 nitrogen and oxygen atoms in total. The second-order valence-corrected chi connectivity index (χ2v) is 4.94. The van der Waals surface area contributed by atoms with Crippen LogP contribution in [0.5, 0.6) is 0 Å². The van der Waals surface area contributed by atoms with Gasteiger partial charge in [-0.3, -0.25) is 9.78 Å². The maximum absolute atomic E-state index is 12.3. The van der Waals surface area contributed by atoms with E-state index in [1.165, 1.54) is 0 Å². The molecule has 3 aromatic rings. The van der Waals surface area contributed by atoms with Crippen LogP contribution in [0.15, 0.2) is 63.9 Å². The van der Waals surface area contributed by atoms with Crippen molar-refractivity contribution in [3.05, 3.63) is 76.4 Å². The zero-order chi connectivity index (χ0) is 15.5. The number of nitrogens with one attached hydrogen (secondary N) is 1. The van der Waals surface area contributed by atoms with Crippen LogP contribution in [-0.4, -0.2) is 10.9 Å². The summed E-state index contributed by atoms with van der Waals surface area (Å²) >= 11 is 0. The number of pyridine rings is 1. The lowest BCUT2D eigenvalue weighted by molar-refractivity contribution is 0.0935. The zero-order valence-electron chi connectivity index (χ0n) is 11.9. The Morgan fingerprint density at radius 3 is 2.73 bits per heavy atom. The Morgan fingerprint density at radius 1 is 1.18 bits per heavy atom. The Morgan fingerprint density at radius 2 is 1.95 bits per heavy atom. The Kier molecular flexibility index (Phi) is 3.70. The smallest absolute Gasteiger partial charge is 0.349 e. The molecule has 0 fully saturated rings. The van der Waals surface area contributed by atoms with Crippen molar-refractivity contribution in [1.29, 1.82) is 0 Å². The van der Waals surface area contributed by atoms with Crippen LogP contribution in [-0.2, 0) is 0 Å². The maximum Gasteiger partial charge on any atom is 0.349 e. The minimum atomic E-state index is -0.649. The molecule has 0 aliphatic heterocycles. The first-order chi connectivity index (χ1) is 10.6. The first kappa shape index (κ1) is 14.0. The van der Waals surface area contributed by atoms with Gasteiger partial charge in [0.05, 0.1) is 11.7 Å². The van der Waals surface area contributed by atoms with Crippen LogP contribution in [0, 0.1) is 0 Å². The van der Waals surface area contributed by atoms with E-state index in [1.807, 2.05) is 25.1 Å². The molecule has 1 N–H and O–H groups in total. The van der Waals surface area contributed by atoms with E-state index in [-0.39, 0.29) is 11.6 Å². The SMILES string of the molecule is C[C@H](NC(=O)c1cc2ccccc2oc1=O)c1ccccn1. The number of fused-ring (bicyclic) bond motifs is 1. The molecule has 0 spiro atoms. The number of para-hydroxylation sites is 1. The maximum atomic E-state index is 12.3. The summed E-state index contributed by atoms with van der Waals surface area (Å²) in [7, 11) is 0. The molecule has 1 atom stereocenters. The topological polar surface area (TPSA) is 72.2 Å². The van der Waals surface area contributed by atoms with Gasteiger partial charge >= 0.3 is 5.63 Å². The number of carbonyl (C=O) groups excluding carboxylic acids is 1. The summed E-state index contributed by atoms with van der Waals surface area (Å²) in [5.41, 5.74) is 0.522. The quantitative estimate of drug-likeness (QED) is 0.754. The lowest BCUT2D eigenvalue weighted by Crippen LogP contribution is -2.30. The minimum Gasteiger partial charge on any atom is -0.422 e. The van der Waals surface area contributed by atoms with Gasteiger partial charge in [0.25, 0.3) is 5.91 Å². The number of hydrogen-bond acceptors (Lipinski definition) is 4.